The summed E-state index contributed by atoms with van der Waals surface area (Å²) in [4.78, 5) is 27.0. The number of hydrogen-bond donors (Lipinski definition) is 2. The van der Waals surface area contributed by atoms with E-state index in [-0.39, 0.29) is 24.1 Å². The van der Waals surface area contributed by atoms with Gasteiger partial charge in [-0.15, -0.1) is 11.3 Å². The molecule has 2 heterocycles. The fraction of sp³-hybridized carbons (Fsp3) is 0.647. The lowest BCUT2D eigenvalue weighted by molar-refractivity contribution is -0.907. The Morgan fingerprint density at radius 2 is 2.00 bits per heavy atom. The van der Waals surface area contributed by atoms with E-state index in [1.807, 2.05) is 13.8 Å². The number of morpholine rings is 1. The minimum atomic E-state index is -0.356. The van der Waals surface area contributed by atoms with Crippen LogP contribution in [-0.4, -0.2) is 50.8 Å². The van der Waals surface area contributed by atoms with Gasteiger partial charge in [0.1, 0.15) is 30.3 Å². The second kappa shape index (κ2) is 7.21. The molecule has 1 amide bonds. The highest BCUT2D eigenvalue weighted by Crippen LogP contribution is 2.39. The first-order valence-electron chi connectivity index (χ1n) is 8.49. The Balaban J connectivity index is 1.69. The molecule has 6 nitrogen and oxygen atoms in total. The summed E-state index contributed by atoms with van der Waals surface area (Å²) in [6, 6.07) is 0. The van der Waals surface area contributed by atoms with Gasteiger partial charge in [0.2, 0.25) is 0 Å². The van der Waals surface area contributed by atoms with E-state index in [4.69, 9.17) is 9.47 Å². The van der Waals surface area contributed by atoms with Crippen LogP contribution in [0.1, 0.15) is 41.1 Å². The number of thiophene rings is 1. The van der Waals surface area contributed by atoms with Crippen molar-refractivity contribution >= 4 is 28.2 Å². The van der Waals surface area contributed by atoms with Gasteiger partial charge in [-0.1, -0.05) is 0 Å². The normalized spacial score (nSPS) is 26.0. The highest BCUT2D eigenvalue weighted by atomic mass is 32.1. The quantitative estimate of drug-likeness (QED) is 0.780. The smallest absolute Gasteiger partial charge is 0.341 e. The molecule has 1 aromatic heterocycles. The van der Waals surface area contributed by atoms with E-state index in [9.17, 15) is 9.59 Å². The van der Waals surface area contributed by atoms with Crippen LogP contribution in [-0.2, 0) is 27.1 Å². The number of esters is 1. The van der Waals surface area contributed by atoms with Crippen molar-refractivity contribution in [3.63, 3.8) is 0 Å². The van der Waals surface area contributed by atoms with Crippen molar-refractivity contribution < 1.29 is 24.0 Å². The van der Waals surface area contributed by atoms with Gasteiger partial charge in [0.25, 0.3) is 5.91 Å². The highest BCUT2D eigenvalue weighted by molar-refractivity contribution is 7.17. The Hall–Kier alpha value is -1.44. The zero-order valence-corrected chi connectivity index (χ0v) is 15.3. The number of ether oxygens (including phenoxy) is 2. The van der Waals surface area contributed by atoms with Crippen molar-refractivity contribution in [2.45, 2.75) is 45.3 Å². The Bertz CT molecular complexity index is 633. The Morgan fingerprint density at radius 1 is 1.29 bits per heavy atom. The summed E-state index contributed by atoms with van der Waals surface area (Å²) in [7, 11) is 1.38. The average Bonchev–Trinajstić information content (AvgIpc) is 3.05. The maximum absolute atomic E-state index is 12.5. The van der Waals surface area contributed by atoms with E-state index in [0.29, 0.717) is 17.1 Å². The third-order valence-corrected chi connectivity index (χ3v) is 5.80. The van der Waals surface area contributed by atoms with Crippen LogP contribution < -0.4 is 10.2 Å². The lowest BCUT2D eigenvalue weighted by Gasteiger charge is -2.31. The number of carbonyl (C=O) groups is 2. The number of amides is 1. The van der Waals surface area contributed by atoms with Crippen LogP contribution in [0.25, 0.3) is 0 Å². The topological polar surface area (TPSA) is 69.1 Å². The fourth-order valence-electron chi connectivity index (χ4n) is 3.74. The predicted molar refractivity (Wildman–Crippen MR) is 91.9 cm³/mol. The molecule has 1 aliphatic carbocycles. The molecule has 0 spiro atoms. The molecule has 7 heteroatoms. The minimum Gasteiger partial charge on any atom is -0.465 e. The van der Waals surface area contributed by atoms with Crippen molar-refractivity contribution in [1.82, 2.24) is 0 Å². The van der Waals surface area contributed by atoms with E-state index in [2.05, 4.69) is 5.32 Å². The van der Waals surface area contributed by atoms with Crippen molar-refractivity contribution in [3.8, 4) is 0 Å². The van der Waals surface area contributed by atoms with Crippen molar-refractivity contribution in [3.05, 3.63) is 16.0 Å². The molecular weight excluding hydrogens is 328 g/mol. The molecule has 0 bridgehead atoms. The summed E-state index contributed by atoms with van der Waals surface area (Å²) < 4.78 is 10.6. The van der Waals surface area contributed by atoms with Gasteiger partial charge in [0.15, 0.2) is 6.54 Å². The molecular formula is C17H25N2O4S+. The Labute approximate surface area is 146 Å². The first-order chi connectivity index (χ1) is 11.5. The van der Waals surface area contributed by atoms with Crippen LogP contribution in [0.15, 0.2) is 0 Å². The molecule has 2 aliphatic rings. The SMILES string of the molecule is COC(=O)c1c(NC(=O)C[NH+]2C[C@@H](C)O[C@H](C)C2)sc2c1CCC2. The van der Waals surface area contributed by atoms with Gasteiger partial charge in [-0.25, -0.2) is 4.79 Å². The highest BCUT2D eigenvalue weighted by Gasteiger charge is 2.30. The van der Waals surface area contributed by atoms with Gasteiger partial charge in [0.05, 0.1) is 12.7 Å². The van der Waals surface area contributed by atoms with Crippen LogP contribution in [0, 0.1) is 0 Å². The Morgan fingerprint density at radius 3 is 2.67 bits per heavy atom. The molecule has 0 radical (unpaired) electrons. The molecule has 0 saturated carbocycles. The number of nitrogens with one attached hydrogen (secondary N) is 2. The van der Waals surface area contributed by atoms with Gasteiger partial charge >= 0.3 is 5.97 Å². The second-order valence-electron chi connectivity index (χ2n) is 6.69. The number of hydrogen-bond acceptors (Lipinski definition) is 5. The fourth-order valence-corrected chi connectivity index (χ4v) is 5.04. The average molecular weight is 353 g/mol. The maximum Gasteiger partial charge on any atom is 0.341 e. The van der Waals surface area contributed by atoms with Gasteiger partial charge in [-0.2, -0.15) is 0 Å². The number of carbonyl (C=O) groups excluding carboxylic acids is 2. The second-order valence-corrected chi connectivity index (χ2v) is 7.80. The number of anilines is 1. The molecule has 0 aromatic carbocycles. The van der Waals surface area contributed by atoms with Crippen molar-refractivity contribution in [1.29, 1.82) is 0 Å². The lowest BCUT2D eigenvalue weighted by atomic mass is 10.1. The summed E-state index contributed by atoms with van der Waals surface area (Å²) in [6.45, 7) is 6.10. The first-order valence-corrected chi connectivity index (χ1v) is 9.31. The summed E-state index contributed by atoms with van der Waals surface area (Å²) in [5.74, 6) is -0.415. The predicted octanol–water partition coefficient (Wildman–Crippen LogP) is 0.654. The van der Waals surface area contributed by atoms with Gasteiger partial charge in [-0.05, 0) is 38.7 Å². The third kappa shape index (κ3) is 3.63. The van der Waals surface area contributed by atoms with E-state index in [1.54, 1.807) is 0 Å². The van der Waals surface area contributed by atoms with E-state index < -0.39 is 0 Å². The maximum atomic E-state index is 12.5. The van der Waals surface area contributed by atoms with Gasteiger partial charge in [-0.3, -0.25) is 4.79 Å². The molecule has 1 aliphatic heterocycles. The van der Waals surface area contributed by atoms with Crippen LogP contribution in [0.3, 0.4) is 0 Å². The molecule has 1 saturated heterocycles. The zero-order valence-electron chi connectivity index (χ0n) is 14.4. The molecule has 2 atom stereocenters. The molecule has 24 heavy (non-hydrogen) atoms. The monoisotopic (exact) mass is 353 g/mol. The molecule has 2 N–H and O–H groups in total. The van der Waals surface area contributed by atoms with E-state index in [1.165, 1.54) is 28.2 Å². The standard InChI is InChI=1S/C17H24N2O4S/c1-10-7-19(8-11(2)23-10)9-14(20)18-16-15(17(21)22-3)12-5-4-6-13(12)24-16/h10-11H,4-9H2,1-3H3,(H,18,20)/p+1/t10-,11-/m1/s1. The minimum absolute atomic E-state index is 0.0589. The van der Waals surface area contributed by atoms with Crippen molar-refractivity contribution in [2.24, 2.45) is 0 Å². The number of fused-ring (bicyclic) bond motifs is 1. The van der Waals surface area contributed by atoms with E-state index >= 15 is 0 Å². The zero-order chi connectivity index (χ0) is 17.3. The van der Waals surface area contributed by atoms with Gasteiger partial charge < -0.3 is 19.7 Å². The molecule has 1 fully saturated rings. The number of rotatable bonds is 4. The molecule has 1 aromatic rings. The summed E-state index contributed by atoms with van der Waals surface area (Å²) in [5.41, 5.74) is 1.62. The molecule has 3 rings (SSSR count). The summed E-state index contributed by atoms with van der Waals surface area (Å²) in [6.07, 6.45) is 3.24. The van der Waals surface area contributed by atoms with E-state index in [0.717, 1.165) is 37.9 Å². The summed E-state index contributed by atoms with van der Waals surface area (Å²) in [5, 5.41) is 3.59. The summed E-state index contributed by atoms with van der Waals surface area (Å²) >= 11 is 1.52. The van der Waals surface area contributed by atoms with Crippen molar-refractivity contribution in [2.75, 3.05) is 32.1 Å². The van der Waals surface area contributed by atoms with Gasteiger partial charge in [0, 0.05) is 4.88 Å². The van der Waals surface area contributed by atoms with Crippen LogP contribution >= 0.6 is 11.3 Å². The van der Waals surface area contributed by atoms with Crippen LogP contribution in [0.2, 0.25) is 0 Å². The van der Waals surface area contributed by atoms with Crippen LogP contribution in [0.5, 0.6) is 0 Å². The number of aryl methyl sites for hydroxylation is 1. The number of quaternary nitrogens is 1. The van der Waals surface area contributed by atoms with Crippen LogP contribution in [0.4, 0.5) is 5.00 Å². The third-order valence-electron chi connectivity index (χ3n) is 4.59. The largest absolute Gasteiger partial charge is 0.465 e. The first kappa shape index (κ1) is 17.4. The number of methoxy groups -OCH3 is 1. The Kier molecular flexibility index (Phi) is 5.22. The lowest BCUT2D eigenvalue weighted by Crippen LogP contribution is -3.16. The molecule has 0 unspecified atom stereocenters. The molecule has 132 valence electrons.